The molecule has 3 aromatic heterocycles. The monoisotopic (exact) mass is 470 g/mol. The number of hydrogen-bond acceptors (Lipinski definition) is 7. The molecule has 34 heavy (non-hydrogen) atoms. The topological polar surface area (TPSA) is 81.5 Å². The second kappa shape index (κ2) is 9.11. The molecule has 1 aromatic carbocycles. The largest absolute Gasteiger partial charge is 0.512 e. The molecule has 4 heterocycles. The van der Waals surface area contributed by atoms with Gasteiger partial charge < -0.3 is 14.6 Å². The van der Waals surface area contributed by atoms with Crippen LogP contribution in [0.4, 0.5) is 0 Å². The Hall–Kier alpha value is -3.97. The van der Waals surface area contributed by atoms with Gasteiger partial charge in [0.25, 0.3) is 0 Å². The molecular weight excluding hydrogens is 448 g/mol. The van der Waals surface area contributed by atoms with Crippen LogP contribution in [-0.2, 0) is 4.79 Å². The number of aliphatic hydroxyl groups excluding tert-OH is 1. The maximum absolute atomic E-state index is 11.9. The Morgan fingerprint density at radius 3 is 2.21 bits per heavy atom. The van der Waals surface area contributed by atoms with E-state index in [-0.39, 0.29) is 11.5 Å². The Balaban J connectivity index is 1.46. The van der Waals surface area contributed by atoms with Crippen LogP contribution in [0.3, 0.4) is 0 Å². The summed E-state index contributed by atoms with van der Waals surface area (Å²) < 4.78 is 11.5. The maximum atomic E-state index is 11.9. The number of carbonyl (C=O) groups excluding carboxylic acids is 1. The zero-order chi connectivity index (χ0) is 23.7. The van der Waals surface area contributed by atoms with Crippen LogP contribution in [0.15, 0.2) is 72.1 Å². The van der Waals surface area contributed by atoms with Gasteiger partial charge in [0.05, 0.1) is 21.8 Å². The van der Waals surface area contributed by atoms with E-state index >= 15 is 0 Å². The van der Waals surface area contributed by atoms with Crippen molar-refractivity contribution in [1.82, 2.24) is 9.97 Å². The van der Waals surface area contributed by atoms with Crippen LogP contribution >= 0.6 is 11.3 Å². The summed E-state index contributed by atoms with van der Waals surface area (Å²) in [6.45, 7) is 4.07. The lowest BCUT2D eigenvalue weighted by molar-refractivity contribution is -0.111. The standard InChI is InChI=1S/C27H22N2O4S/c1-16(30)25(17(2)31)19-5-3-18(4-6-19)20-7-9-28-22(13-20)23-14-21(8-10-29-23)27-26-24(15-34-27)32-11-12-33-26/h3-10,13-15,30H,11-12H2,1-2H3/b25-16+. The third kappa shape index (κ3) is 4.18. The van der Waals surface area contributed by atoms with E-state index in [9.17, 15) is 9.90 Å². The Labute approximate surface area is 201 Å². The zero-order valence-corrected chi connectivity index (χ0v) is 19.6. The molecule has 0 fully saturated rings. The van der Waals surface area contributed by atoms with Crippen molar-refractivity contribution in [3.63, 3.8) is 0 Å². The van der Waals surface area contributed by atoms with Crippen molar-refractivity contribution in [2.75, 3.05) is 13.2 Å². The lowest BCUT2D eigenvalue weighted by Crippen LogP contribution is -2.14. The molecule has 0 atom stereocenters. The molecule has 0 spiro atoms. The number of hydrogen-bond donors (Lipinski definition) is 1. The number of aliphatic hydroxyl groups is 1. The number of ether oxygens (including phenoxy) is 2. The molecule has 0 bridgehead atoms. The fourth-order valence-corrected chi connectivity index (χ4v) is 4.95. The summed E-state index contributed by atoms with van der Waals surface area (Å²) in [5.74, 6) is 1.41. The van der Waals surface area contributed by atoms with E-state index in [4.69, 9.17) is 9.47 Å². The highest BCUT2D eigenvalue weighted by Gasteiger charge is 2.20. The Bertz CT molecular complexity index is 1400. The number of carbonyl (C=O) groups is 1. The molecule has 7 heteroatoms. The molecular formula is C27H22N2O4S. The predicted octanol–water partition coefficient (Wildman–Crippen LogP) is 6.19. The van der Waals surface area contributed by atoms with Gasteiger partial charge in [-0.15, -0.1) is 11.3 Å². The van der Waals surface area contributed by atoms with Crippen LogP contribution in [0, 0.1) is 0 Å². The SMILES string of the molecule is CC(=O)/C(=C(/C)O)c1ccc(-c2ccnc(-c3cc(-c4scc5c4OCCO5)ccn3)c2)cc1. The summed E-state index contributed by atoms with van der Waals surface area (Å²) in [4.78, 5) is 22.0. The fraction of sp³-hybridized carbons (Fsp3) is 0.148. The average Bonchev–Trinajstić information content (AvgIpc) is 3.29. The lowest BCUT2D eigenvalue weighted by atomic mass is 9.97. The Morgan fingerprint density at radius 1 is 0.882 bits per heavy atom. The van der Waals surface area contributed by atoms with Gasteiger partial charge in [0, 0.05) is 17.8 Å². The van der Waals surface area contributed by atoms with Crippen molar-refractivity contribution in [3.8, 4) is 44.5 Å². The van der Waals surface area contributed by atoms with Gasteiger partial charge in [-0.05, 0) is 60.4 Å². The third-order valence-corrected chi connectivity index (χ3v) is 6.56. The molecule has 4 aromatic rings. The minimum Gasteiger partial charge on any atom is -0.512 e. The number of pyridine rings is 2. The lowest BCUT2D eigenvalue weighted by Gasteiger charge is -2.16. The van der Waals surface area contributed by atoms with Crippen LogP contribution in [0.1, 0.15) is 19.4 Å². The molecule has 1 aliphatic heterocycles. The van der Waals surface area contributed by atoms with Crippen molar-refractivity contribution in [2.24, 2.45) is 0 Å². The van der Waals surface area contributed by atoms with Gasteiger partial charge in [-0.3, -0.25) is 14.8 Å². The van der Waals surface area contributed by atoms with E-state index < -0.39 is 0 Å². The number of rotatable bonds is 5. The minimum atomic E-state index is -0.172. The second-order valence-electron chi connectivity index (χ2n) is 7.91. The molecule has 0 aliphatic carbocycles. The highest BCUT2D eigenvalue weighted by Crippen LogP contribution is 2.45. The highest BCUT2D eigenvalue weighted by atomic mass is 32.1. The van der Waals surface area contributed by atoms with Crippen LogP contribution in [0.25, 0.3) is 38.5 Å². The second-order valence-corrected chi connectivity index (χ2v) is 8.79. The van der Waals surface area contributed by atoms with Crippen molar-refractivity contribution < 1.29 is 19.4 Å². The minimum absolute atomic E-state index is 0.0152. The molecule has 0 unspecified atom stereocenters. The molecule has 170 valence electrons. The smallest absolute Gasteiger partial charge is 0.179 e. The van der Waals surface area contributed by atoms with Crippen molar-refractivity contribution in [2.45, 2.75) is 13.8 Å². The number of benzene rings is 1. The predicted molar refractivity (Wildman–Crippen MR) is 133 cm³/mol. The zero-order valence-electron chi connectivity index (χ0n) is 18.7. The molecule has 0 radical (unpaired) electrons. The van der Waals surface area contributed by atoms with Gasteiger partial charge >= 0.3 is 0 Å². The summed E-state index contributed by atoms with van der Waals surface area (Å²) in [6, 6.07) is 15.4. The summed E-state index contributed by atoms with van der Waals surface area (Å²) in [5, 5.41) is 11.8. The number of allylic oxidation sites excluding steroid dienone is 2. The maximum Gasteiger partial charge on any atom is 0.179 e. The highest BCUT2D eigenvalue weighted by molar-refractivity contribution is 7.14. The number of nitrogens with zero attached hydrogens (tertiary/aromatic N) is 2. The van der Waals surface area contributed by atoms with Crippen LogP contribution < -0.4 is 9.47 Å². The van der Waals surface area contributed by atoms with Gasteiger partial charge in [-0.1, -0.05) is 24.3 Å². The average molecular weight is 471 g/mol. The number of aromatic nitrogens is 2. The van der Waals surface area contributed by atoms with Gasteiger partial charge in [0.1, 0.15) is 19.0 Å². The Morgan fingerprint density at radius 2 is 1.53 bits per heavy atom. The van der Waals surface area contributed by atoms with E-state index in [1.807, 2.05) is 53.9 Å². The van der Waals surface area contributed by atoms with Gasteiger partial charge in [-0.2, -0.15) is 0 Å². The van der Waals surface area contributed by atoms with Crippen molar-refractivity contribution in [3.05, 3.63) is 77.6 Å². The van der Waals surface area contributed by atoms with Crippen LogP contribution in [0.2, 0.25) is 0 Å². The van der Waals surface area contributed by atoms with E-state index in [2.05, 4.69) is 9.97 Å². The molecule has 0 amide bonds. The number of ketones is 1. The van der Waals surface area contributed by atoms with E-state index in [0.717, 1.165) is 44.5 Å². The third-order valence-electron chi connectivity index (χ3n) is 5.57. The first-order valence-electron chi connectivity index (χ1n) is 10.8. The van der Waals surface area contributed by atoms with Gasteiger partial charge in [0.2, 0.25) is 0 Å². The van der Waals surface area contributed by atoms with E-state index in [1.54, 1.807) is 23.7 Å². The summed E-state index contributed by atoms with van der Waals surface area (Å²) >= 11 is 1.59. The van der Waals surface area contributed by atoms with Gasteiger partial charge in [0.15, 0.2) is 17.3 Å². The molecule has 0 saturated heterocycles. The molecule has 0 saturated carbocycles. The van der Waals surface area contributed by atoms with E-state index in [0.29, 0.717) is 24.4 Å². The van der Waals surface area contributed by atoms with E-state index in [1.165, 1.54) is 13.8 Å². The fourth-order valence-electron chi connectivity index (χ4n) is 4.02. The number of fused-ring (bicyclic) bond motifs is 1. The van der Waals surface area contributed by atoms with Crippen molar-refractivity contribution >= 4 is 22.7 Å². The molecule has 1 aliphatic rings. The summed E-state index contributed by atoms with van der Waals surface area (Å²) in [6.07, 6.45) is 3.53. The van der Waals surface area contributed by atoms with Crippen LogP contribution in [0.5, 0.6) is 11.5 Å². The number of thiophene rings is 1. The quantitative estimate of drug-likeness (QED) is 0.277. The normalized spacial score (nSPS) is 13.4. The first kappa shape index (κ1) is 21.9. The van der Waals surface area contributed by atoms with Crippen LogP contribution in [-0.4, -0.2) is 34.1 Å². The van der Waals surface area contributed by atoms with Gasteiger partial charge in [-0.25, -0.2) is 0 Å². The number of Topliss-reactive ketones (excluding diaryl/α,β-unsaturated/α-hetero) is 1. The molecule has 5 rings (SSSR count). The van der Waals surface area contributed by atoms with Crippen molar-refractivity contribution in [1.29, 1.82) is 0 Å². The summed E-state index contributed by atoms with van der Waals surface area (Å²) in [7, 11) is 0. The summed E-state index contributed by atoms with van der Waals surface area (Å²) in [5.41, 5.74) is 5.47. The first-order valence-corrected chi connectivity index (χ1v) is 11.7. The first-order chi connectivity index (χ1) is 16.5. The molecule has 1 N–H and O–H groups in total. The Kier molecular flexibility index (Phi) is 5.86. The molecule has 6 nitrogen and oxygen atoms in total.